The van der Waals surface area contributed by atoms with Crippen molar-refractivity contribution in [1.82, 2.24) is 0 Å². The molecule has 0 heteroatoms. The molecular weight excluding hydrogens is 180 g/mol. The summed E-state index contributed by atoms with van der Waals surface area (Å²) in [4.78, 5) is 0. The van der Waals surface area contributed by atoms with Gasteiger partial charge in [0.1, 0.15) is 0 Å². The second-order valence-corrected chi connectivity index (χ2v) is 6.65. The number of hydrogen-bond donors (Lipinski definition) is 0. The van der Waals surface area contributed by atoms with Crippen LogP contribution in [-0.2, 0) is 0 Å². The second-order valence-electron chi connectivity index (χ2n) is 6.65. The summed E-state index contributed by atoms with van der Waals surface area (Å²) < 4.78 is 0. The molecule has 0 aromatic heterocycles. The minimum Gasteiger partial charge on any atom is -0.0996 e. The van der Waals surface area contributed by atoms with E-state index in [1.165, 1.54) is 38.5 Å². The summed E-state index contributed by atoms with van der Waals surface area (Å²) >= 11 is 0. The Labute approximate surface area is 94.1 Å². The van der Waals surface area contributed by atoms with Crippen LogP contribution < -0.4 is 0 Å². The summed E-state index contributed by atoms with van der Waals surface area (Å²) in [5, 5.41) is 0. The van der Waals surface area contributed by atoms with E-state index < -0.39 is 0 Å². The summed E-state index contributed by atoms with van der Waals surface area (Å²) in [6.07, 6.45) is 12.0. The molecule has 84 valence electrons. The SMILES string of the molecule is C=C1CC2(CC3CCCCC3C2)C[C@H]1C. The van der Waals surface area contributed by atoms with Crippen LogP contribution in [0.4, 0.5) is 0 Å². The molecule has 0 amide bonds. The minimum atomic E-state index is 0.718. The first-order valence-corrected chi connectivity index (χ1v) is 6.86. The lowest BCUT2D eigenvalue weighted by Gasteiger charge is -2.24. The topological polar surface area (TPSA) is 0 Å². The van der Waals surface area contributed by atoms with Crippen LogP contribution in [0.1, 0.15) is 58.3 Å². The molecule has 0 nitrogen and oxygen atoms in total. The van der Waals surface area contributed by atoms with E-state index in [4.69, 9.17) is 0 Å². The van der Waals surface area contributed by atoms with Crippen LogP contribution in [0.25, 0.3) is 0 Å². The van der Waals surface area contributed by atoms with Gasteiger partial charge in [-0.3, -0.25) is 0 Å². The third-order valence-corrected chi connectivity index (χ3v) is 5.50. The van der Waals surface area contributed by atoms with E-state index in [1.807, 2.05) is 0 Å². The minimum absolute atomic E-state index is 0.718. The fraction of sp³-hybridized carbons (Fsp3) is 0.867. The van der Waals surface area contributed by atoms with Crippen molar-refractivity contribution in [3.05, 3.63) is 12.2 Å². The number of rotatable bonds is 0. The maximum Gasteiger partial charge on any atom is -0.0229 e. The fourth-order valence-electron chi connectivity index (χ4n) is 4.85. The molecule has 0 bridgehead atoms. The fourth-order valence-corrected chi connectivity index (χ4v) is 4.85. The van der Waals surface area contributed by atoms with Crippen molar-refractivity contribution in [3.63, 3.8) is 0 Å². The van der Waals surface area contributed by atoms with E-state index in [9.17, 15) is 0 Å². The molecule has 3 fully saturated rings. The maximum atomic E-state index is 4.27. The third-order valence-electron chi connectivity index (χ3n) is 5.50. The summed E-state index contributed by atoms with van der Waals surface area (Å²) in [6, 6.07) is 0. The van der Waals surface area contributed by atoms with Crippen LogP contribution in [0.3, 0.4) is 0 Å². The molecule has 3 aliphatic carbocycles. The van der Waals surface area contributed by atoms with Gasteiger partial charge in [-0.15, -0.1) is 0 Å². The smallest absolute Gasteiger partial charge is 0.0229 e. The summed E-state index contributed by atoms with van der Waals surface area (Å²) in [5.41, 5.74) is 2.27. The Kier molecular flexibility index (Phi) is 2.23. The predicted molar refractivity (Wildman–Crippen MR) is 64.7 cm³/mol. The molecule has 1 spiro atoms. The van der Waals surface area contributed by atoms with Crippen molar-refractivity contribution in [2.75, 3.05) is 0 Å². The van der Waals surface area contributed by atoms with Gasteiger partial charge in [-0.25, -0.2) is 0 Å². The average Bonchev–Trinajstić information content (AvgIpc) is 2.66. The quantitative estimate of drug-likeness (QED) is 0.507. The van der Waals surface area contributed by atoms with Gasteiger partial charge in [0.2, 0.25) is 0 Å². The van der Waals surface area contributed by atoms with Gasteiger partial charge < -0.3 is 0 Å². The molecule has 0 heterocycles. The van der Waals surface area contributed by atoms with E-state index in [-0.39, 0.29) is 0 Å². The molecule has 0 aromatic carbocycles. The Balaban J connectivity index is 1.77. The van der Waals surface area contributed by atoms with Crippen LogP contribution in [0.15, 0.2) is 12.2 Å². The molecule has 0 radical (unpaired) electrons. The van der Waals surface area contributed by atoms with Crippen molar-refractivity contribution in [2.24, 2.45) is 23.2 Å². The lowest BCUT2D eigenvalue weighted by molar-refractivity contribution is 0.277. The van der Waals surface area contributed by atoms with Gasteiger partial charge in [0, 0.05) is 0 Å². The van der Waals surface area contributed by atoms with Crippen LogP contribution in [0.2, 0.25) is 0 Å². The first-order chi connectivity index (χ1) is 7.19. The Morgan fingerprint density at radius 1 is 1.07 bits per heavy atom. The molecule has 2 unspecified atom stereocenters. The number of allylic oxidation sites excluding steroid dienone is 1. The second kappa shape index (κ2) is 3.37. The monoisotopic (exact) mass is 204 g/mol. The summed E-state index contributed by atoms with van der Waals surface area (Å²) in [5.74, 6) is 3.00. The van der Waals surface area contributed by atoms with Crippen molar-refractivity contribution in [2.45, 2.75) is 58.3 Å². The van der Waals surface area contributed by atoms with Gasteiger partial charge in [-0.2, -0.15) is 0 Å². The van der Waals surface area contributed by atoms with Crippen molar-refractivity contribution in [3.8, 4) is 0 Å². The van der Waals surface area contributed by atoms with E-state index >= 15 is 0 Å². The molecule has 0 aromatic rings. The lowest BCUT2D eigenvalue weighted by Crippen LogP contribution is -2.12. The summed E-state index contributed by atoms with van der Waals surface area (Å²) in [6.45, 7) is 6.66. The zero-order chi connectivity index (χ0) is 10.5. The van der Waals surface area contributed by atoms with Crippen molar-refractivity contribution < 1.29 is 0 Å². The van der Waals surface area contributed by atoms with E-state index in [0.29, 0.717) is 0 Å². The van der Waals surface area contributed by atoms with E-state index in [1.54, 1.807) is 18.4 Å². The van der Waals surface area contributed by atoms with Gasteiger partial charge in [-0.05, 0) is 48.9 Å². The first-order valence-electron chi connectivity index (χ1n) is 6.86. The Bertz CT molecular complexity index is 262. The Hall–Kier alpha value is -0.260. The molecule has 0 saturated heterocycles. The van der Waals surface area contributed by atoms with Crippen LogP contribution in [0, 0.1) is 23.2 Å². The zero-order valence-electron chi connectivity index (χ0n) is 10.1. The van der Waals surface area contributed by atoms with Gasteiger partial charge in [0.25, 0.3) is 0 Å². The summed E-state index contributed by atoms with van der Waals surface area (Å²) in [7, 11) is 0. The molecular formula is C15H24. The van der Waals surface area contributed by atoms with Crippen molar-refractivity contribution in [1.29, 1.82) is 0 Å². The highest BCUT2D eigenvalue weighted by molar-refractivity contribution is 5.15. The first kappa shape index (κ1) is 9.93. The highest BCUT2D eigenvalue weighted by Crippen LogP contribution is 2.60. The molecule has 0 aliphatic heterocycles. The van der Waals surface area contributed by atoms with Crippen LogP contribution in [0.5, 0.6) is 0 Å². The van der Waals surface area contributed by atoms with Crippen LogP contribution >= 0.6 is 0 Å². The molecule has 3 rings (SSSR count). The Morgan fingerprint density at radius 2 is 1.67 bits per heavy atom. The number of hydrogen-bond acceptors (Lipinski definition) is 0. The maximum absolute atomic E-state index is 4.27. The lowest BCUT2D eigenvalue weighted by atomic mass is 9.82. The molecule has 3 atom stereocenters. The predicted octanol–water partition coefficient (Wildman–Crippen LogP) is 4.56. The van der Waals surface area contributed by atoms with E-state index in [2.05, 4.69) is 13.5 Å². The standard InChI is InChI=1S/C15H24/c1-11-7-15(8-12(11)2)9-13-5-3-4-6-14(13)10-15/h12-14H,1,3-10H2,2H3/t12-,13?,14?,15?/m1/s1. The molecule has 15 heavy (non-hydrogen) atoms. The van der Waals surface area contributed by atoms with Crippen molar-refractivity contribution >= 4 is 0 Å². The van der Waals surface area contributed by atoms with Gasteiger partial charge in [0.15, 0.2) is 0 Å². The largest absolute Gasteiger partial charge is 0.0996 e. The van der Waals surface area contributed by atoms with Gasteiger partial charge in [-0.1, -0.05) is 44.8 Å². The third kappa shape index (κ3) is 1.57. The highest BCUT2D eigenvalue weighted by Gasteiger charge is 2.49. The van der Waals surface area contributed by atoms with E-state index in [0.717, 1.165) is 23.2 Å². The number of fused-ring (bicyclic) bond motifs is 1. The molecule has 3 aliphatic rings. The van der Waals surface area contributed by atoms with Gasteiger partial charge in [0.05, 0.1) is 0 Å². The average molecular weight is 204 g/mol. The van der Waals surface area contributed by atoms with Crippen LogP contribution in [-0.4, -0.2) is 0 Å². The Morgan fingerprint density at radius 3 is 2.13 bits per heavy atom. The zero-order valence-corrected chi connectivity index (χ0v) is 10.1. The molecule has 0 N–H and O–H groups in total. The van der Waals surface area contributed by atoms with Gasteiger partial charge >= 0.3 is 0 Å². The molecule has 3 saturated carbocycles. The highest BCUT2D eigenvalue weighted by atomic mass is 14.5. The normalized spacial score (nSPS) is 49.9.